The minimum Gasteiger partial charge on any atom is -0.405 e. The molecule has 1 aromatic rings. The lowest BCUT2D eigenvalue weighted by Gasteiger charge is -2.24. The van der Waals surface area contributed by atoms with E-state index in [4.69, 9.17) is 11.7 Å². The maximum absolute atomic E-state index is 12.2. The van der Waals surface area contributed by atoms with Gasteiger partial charge in [0.25, 0.3) is 0 Å². The summed E-state index contributed by atoms with van der Waals surface area (Å²) >= 11 is 0. The first kappa shape index (κ1) is 16.0. The highest BCUT2D eigenvalue weighted by Crippen LogP contribution is 2.32. The third-order valence-electron chi connectivity index (χ3n) is 2.26. The van der Waals surface area contributed by atoms with Crippen molar-refractivity contribution in [1.29, 1.82) is 0 Å². The number of hydrogen-bond donors (Lipinski definition) is 3. The van der Waals surface area contributed by atoms with Crippen molar-refractivity contribution in [3.63, 3.8) is 0 Å². The van der Waals surface area contributed by atoms with E-state index in [-0.39, 0.29) is 11.3 Å². The lowest BCUT2D eigenvalue weighted by molar-refractivity contribution is -0.275. The third kappa shape index (κ3) is 3.73. The summed E-state index contributed by atoms with van der Waals surface area (Å²) in [5, 5.41) is 10.3. The second-order valence-electron chi connectivity index (χ2n) is 3.72. The van der Waals surface area contributed by atoms with Crippen LogP contribution in [0.1, 0.15) is 5.56 Å². The Balaban J connectivity index is 3.21. The SMILES string of the molecule is CN(N)C(=O)N(N)c1cccc(OC(F)(F)F)c1CO. The van der Waals surface area contributed by atoms with Gasteiger partial charge in [-0.2, -0.15) is 0 Å². The highest BCUT2D eigenvalue weighted by atomic mass is 19.4. The molecule has 0 heterocycles. The molecule has 7 nitrogen and oxygen atoms in total. The van der Waals surface area contributed by atoms with Crippen LogP contribution in [0.4, 0.5) is 23.7 Å². The highest BCUT2D eigenvalue weighted by Gasteiger charge is 2.33. The zero-order chi connectivity index (χ0) is 15.5. The molecule has 1 rings (SSSR count). The number of nitrogens with two attached hydrogens (primary N) is 2. The number of rotatable bonds is 3. The van der Waals surface area contributed by atoms with Crippen molar-refractivity contribution in [3.05, 3.63) is 23.8 Å². The molecule has 0 unspecified atom stereocenters. The lowest BCUT2D eigenvalue weighted by atomic mass is 10.1. The number of carbonyl (C=O) groups is 1. The number of hydrogen-bond acceptors (Lipinski definition) is 5. The van der Waals surface area contributed by atoms with Crippen LogP contribution in [0.25, 0.3) is 0 Å². The monoisotopic (exact) mass is 294 g/mol. The summed E-state index contributed by atoms with van der Waals surface area (Å²) in [6.45, 7) is -0.809. The number of carbonyl (C=O) groups excluding carboxylic acids is 1. The Hall–Kier alpha value is -2.04. The smallest absolute Gasteiger partial charge is 0.405 e. The summed E-state index contributed by atoms with van der Waals surface area (Å²) in [6.07, 6.45) is -4.93. The van der Waals surface area contributed by atoms with Crippen LogP contribution >= 0.6 is 0 Å². The molecule has 0 aliphatic heterocycles. The van der Waals surface area contributed by atoms with Crippen LogP contribution in [0.3, 0.4) is 0 Å². The Morgan fingerprint density at radius 2 is 2.00 bits per heavy atom. The van der Waals surface area contributed by atoms with Gasteiger partial charge in [0.05, 0.1) is 12.3 Å². The molecule has 0 bridgehead atoms. The van der Waals surface area contributed by atoms with Crippen molar-refractivity contribution in [3.8, 4) is 5.75 Å². The van der Waals surface area contributed by atoms with Crippen LogP contribution < -0.4 is 21.4 Å². The van der Waals surface area contributed by atoms with Crippen LogP contribution in [-0.2, 0) is 6.61 Å². The molecule has 0 aliphatic carbocycles. The average Bonchev–Trinajstić information content (AvgIpc) is 2.34. The summed E-state index contributed by atoms with van der Waals surface area (Å²) in [5.74, 6) is 10.0. The van der Waals surface area contributed by atoms with Crippen molar-refractivity contribution in [2.75, 3.05) is 12.1 Å². The van der Waals surface area contributed by atoms with E-state index in [2.05, 4.69) is 4.74 Å². The van der Waals surface area contributed by atoms with Gasteiger partial charge in [-0.15, -0.1) is 13.2 Å². The summed E-state index contributed by atoms with van der Waals surface area (Å²) in [4.78, 5) is 11.6. The van der Waals surface area contributed by atoms with Crippen LogP contribution in [-0.4, -0.2) is 29.6 Å². The molecule has 20 heavy (non-hydrogen) atoms. The van der Waals surface area contributed by atoms with Crippen molar-refractivity contribution in [1.82, 2.24) is 5.01 Å². The summed E-state index contributed by atoms with van der Waals surface area (Å²) < 4.78 is 40.5. The molecule has 0 spiro atoms. The first-order chi connectivity index (χ1) is 9.17. The number of aliphatic hydroxyl groups is 1. The Morgan fingerprint density at radius 1 is 1.40 bits per heavy atom. The number of ether oxygens (including phenoxy) is 1. The molecular formula is C10H13F3N4O3. The van der Waals surface area contributed by atoms with E-state index in [1.54, 1.807) is 0 Å². The van der Waals surface area contributed by atoms with E-state index in [9.17, 15) is 23.1 Å². The second kappa shape index (κ2) is 5.94. The molecule has 0 saturated heterocycles. The van der Waals surface area contributed by atoms with Gasteiger partial charge in [0.2, 0.25) is 0 Å². The second-order valence-corrected chi connectivity index (χ2v) is 3.72. The fourth-order valence-corrected chi connectivity index (χ4v) is 1.43. The lowest BCUT2D eigenvalue weighted by Crippen LogP contribution is -2.49. The molecule has 0 atom stereocenters. The molecule has 1 aromatic carbocycles. The number of anilines is 1. The maximum Gasteiger partial charge on any atom is 0.573 e. The zero-order valence-electron chi connectivity index (χ0n) is 10.4. The number of alkyl halides is 3. The van der Waals surface area contributed by atoms with Gasteiger partial charge >= 0.3 is 12.4 Å². The minimum atomic E-state index is -4.93. The standard InChI is InChI=1S/C10H13F3N4O3/c1-16(14)9(19)17(15)7-3-2-4-8(6(7)5-18)20-10(11,12)13/h2-4,18H,5,14-15H2,1H3. The Bertz CT molecular complexity index is 493. The molecule has 0 aliphatic rings. The van der Waals surface area contributed by atoms with Gasteiger partial charge < -0.3 is 9.84 Å². The average molecular weight is 294 g/mol. The van der Waals surface area contributed by atoms with Crippen molar-refractivity contribution >= 4 is 11.7 Å². The van der Waals surface area contributed by atoms with E-state index >= 15 is 0 Å². The molecular weight excluding hydrogens is 281 g/mol. The largest absolute Gasteiger partial charge is 0.573 e. The first-order valence-corrected chi connectivity index (χ1v) is 5.23. The topological polar surface area (TPSA) is 105 Å². The third-order valence-corrected chi connectivity index (χ3v) is 2.26. The van der Waals surface area contributed by atoms with E-state index in [1.807, 2.05) is 0 Å². The Labute approximate surface area is 112 Å². The van der Waals surface area contributed by atoms with E-state index < -0.39 is 24.7 Å². The van der Waals surface area contributed by atoms with Crippen molar-refractivity contribution in [2.45, 2.75) is 13.0 Å². The van der Waals surface area contributed by atoms with Crippen LogP contribution in [0.5, 0.6) is 5.75 Å². The number of amides is 2. The van der Waals surface area contributed by atoms with Crippen LogP contribution in [0.15, 0.2) is 18.2 Å². The molecule has 5 N–H and O–H groups in total. The highest BCUT2D eigenvalue weighted by molar-refractivity contribution is 5.91. The molecule has 0 radical (unpaired) electrons. The number of benzene rings is 1. The first-order valence-electron chi connectivity index (χ1n) is 5.23. The minimum absolute atomic E-state index is 0.156. The molecule has 0 saturated carbocycles. The molecule has 10 heteroatoms. The zero-order valence-corrected chi connectivity index (χ0v) is 10.4. The normalized spacial score (nSPS) is 11.2. The van der Waals surface area contributed by atoms with Crippen LogP contribution in [0.2, 0.25) is 0 Å². The van der Waals surface area contributed by atoms with Crippen LogP contribution in [0, 0.1) is 0 Å². The van der Waals surface area contributed by atoms with Crippen molar-refractivity contribution in [2.24, 2.45) is 11.7 Å². The molecule has 112 valence electrons. The van der Waals surface area contributed by atoms with Gasteiger partial charge in [-0.05, 0) is 12.1 Å². The van der Waals surface area contributed by atoms with Gasteiger partial charge in [0.1, 0.15) is 5.75 Å². The number of halogens is 3. The van der Waals surface area contributed by atoms with Gasteiger partial charge in [-0.1, -0.05) is 6.07 Å². The predicted molar refractivity (Wildman–Crippen MR) is 63.1 cm³/mol. The molecule has 0 aromatic heterocycles. The van der Waals surface area contributed by atoms with Gasteiger partial charge in [-0.3, -0.25) is 5.01 Å². The molecule has 2 amide bonds. The number of aliphatic hydroxyl groups excluding tert-OH is 1. The fourth-order valence-electron chi connectivity index (χ4n) is 1.43. The number of hydrazine groups is 2. The summed E-state index contributed by atoms with van der Waals surface area (Å²) in [6, 6.07) is 2.55. The van der Waals surface area contributed by atoms with Gasteiger partial charge in [-0.25, -0.2) is 21.5 Å². The summed E-state index contributed by atoms with van der Waals surface area (Å²) in [5.41, 5.74) is -0.445. The predicted octanol–water partition coefficient (Wildman–Crippen LogP) is 0.683. The Kier molecular flexibility index (Phi) is 4.76. The Morgan fingerprint density at radius 3 is 2.45 bits per heavy atom. The van der Waals surface area contributed by atoms with E-state index in [0.29, 0.717) is 10.0 Å². The van der Waals surface area contributed by atoms with Crippen molar-refractivity contribution < 1.29 is 27.8 Å². The van der Waals surface area contributed by atoms with Gasteiger partial charge in [0.15, 0.2) is 0 Å². The fraction of sp³-hybridized carbons (Fsp3) is 0.300. The maximum atomic E-state index is 12.2. The molecule has 0 fully saturated rings. The van der Waals surface area contributed by atoms with Gasteiger partial charge in [0, 0.05) is 12.6 Å². The quantitative estimate of drug-likeness (QED) is 0.432. The van der Waals surface area contributed by atoms with E-state index in [0.717, 1.165) is 6.07 Å². The van der Waals surface area contributed by atoms with E-state index in [1.165, 1.54) is 19.2 Å². The number of urea groups is 1. The summed E-state index contributed by atoms with van der Waals surface area (Å²) in [7, 11) is 1.21. The number of nitrogens with zero attached hydrogens (tertiary/aromatic N) is 2.